The monoisotopic (exact) mass is 265 g/mol. The van der Waals surface area contributed by atoms with E-state index in [1.54, 1.807) is 0 Å². The van der Waals surface area contributed by atoms with Gasteiger partial charge >= 0.3 is 0 Å². The summed E-state index contributed by atoms with van der Waals surface area (Å²) >= 11 is 1.83. The maximum Gasteiger partial charge on any atom is 0.0947 e. The first kappa shape index (κ1) is 12.6. The smallest absolute Gasteiger partial charge is 0.0947 e. The first-order valence-corrected chi connectivity index (χ1v) is 7.88. The van der Waals surface area contributed by atoms with E-state index in [2.05, 4.69) is 24.3 Å². The minimum Gasteiger partial charge on any atom is -0.271 e. The first-order valence-electron chi connectivity index (χ1n) is 7.06. The van der Waals surface area contributed by atoms with Crippen molar-refractivity contribution in [3.8, 4) is 0 Å². The van der Waals surface area contributed by atoms with Gasteiger partial charge in [-0.15, -0.1) is 11.3 Å². The van der Waals surface area contributed by atoms with Crippen molar-refractivity contribution in [2.24, 2.45) is 23.6 Å². The fourth-order valence-corrected chi connectivity index (χ4v) is 4.93. The lowest BCUT2D eigenvalue weighted by atomic mass is 9.82. The van der Waals surface area contributed by atoms with Crippen molar-refractivity contribution in [2.75, 3.05) is 0 Å². The summed E-state index contributed by atoms with van der Waals surface area (Å²) in [5.41, 5.74) is 4.25. The fraction of sp³-hybridized carbons (Fsp3) is 0.786. The van der Waals surface area contributed by atoms with Gasteiger partial charge in [0.1, 0.15) is 0 Å². The Morgan fingerprint density at radius 3 is 2.72 bits per heavy atom. The molecule has 2 bridgehead atoms. The number of nitrogens with one attached hydrogen (secondary N) is 1. The zero-order chi connectivity index (χ0) is 12.7. The normalized spacial score (nSPS) is 32.1. The minimum atomic E-state index is 0.422. The minimum absolute atomic E-state index is 0.422. The summed E-state index contributed by atoms with van der Waals surface area (Å²) in [6.07, 6.45) is 6.70. The van der Waals surface area contributed by atoms with Crippen LogP contribution in [0, 0.1) is 31.6 Å². The van der Waals surface area contributed by atoms with E-state index in [9.17, 15) is 0 Å². The zero-order valence-electron chi connectivity index (χ0n) is 11.3. The van der Waals surface area contributed by atoms with E-state index in [-0.39, 0.29) is 0 Å². The number of hydrogen-bond acceptors (Lipinski definition) is 4. The highest BCUT2D eigenvalue weighted by atomic mass is 32.1. The van der Waals surface area contributed by atoms with E-state index in [0.717, 1.165) is 24.2 Å². The molecule has 0 saturated heterocycles. The topological polar surface area (TPSA) is 50.9 Å². The molecule has 2 saturated carbocycles. The lowest BCUT2D eigenvalue weighted by Crippen LogP contribution is -2.44. The molecule has 4 unspecified atom stereocenters. The summed E-state index contributed by atoms with van der Waals surface area (Å²) in [6, 6.07) is 0.422. The summed E-state index contributed by atoms with van der Waals surface area (Å²) in [7, 11) is 0. The fourth-order valence-electron chi connectivity index (χ4n) is 3.94. The number of aromatic nitrogens is 1. The molecule has 0 radical (unpaired) electrons. The SMILES string of the molecule is Cc1nc(CC(NN)C2CC3CCC2C3)sc1C. The molecule has 1 aromatic rings. The van der Waals surface area contributed by atoms with Gasteiger partial charge in [-0.3, -0.25) is 11.3 Å². The summed E-state index contributed by atoms with van der Waals surface area (Å²) in [5.74, 6) is 8.48. The second kappa shape index (κ2) is 4.91. The van der Waals surface area contributed by atoms with Gasteiger partial charge in [0.15, 0.2) is 0 Å². The van der Waals surface area contributed by atoms with Crippen molar-refractivity contribution in [1.82, 2.24) is 10.4 Å². The first-order chi connectivity index (χ1) is 8.67. The predicted molar refractivity (Wildman–Crippen MR) is 75.3 cm³/mol. The van der Waals surface area contributed by atoms with Crippen LogP contribution in [0.25, 0.3) is 0 Å². The molecule has 4 heteroatoms. The molecule has 18 heavy (non-hydrogen) atoms. The van der Waals surface area contributed by atoms with E-state index in [0.29, 0.717) is 6.04 Å². The van der Waals surface area contributed by atoms with Crippen LogP contribution in [0.1, 0.15) is 41.3 Å². The Balaban J connectivity index is 1.69. The molecule has 3 N–H and O–H groups in total. The standard InChI is InChI=1S/C14H23N3S/c1-8-9(2)18-14(16-8)7-13(17-15)12-6-10-3-4-11(12)5-10/h10-13,17H,3-7,15H2,1-2H3. The molecule has 2 aliphatic carbocycles. The van der Waals surface area contributed by atoms with E-state index < -0.39 is 0 Å². The number of rotatable bonds is 4. The van der Waals surface area contributed by atoms with Crippen LogP contribution < -0.4 is 11.3 Å². The Morgan fingerprint density at radius 1 is 1.39 bits per heavy atom. The number of fused-ring (bicyclic) bond motifs is 2. The highest BCUT2D eigenvalue weighted by Gasteiger charge is 2.42. The van der Waals surface area contributed by atoms with E-state index in [1.807, 2.05) is 11.3 Å². The number of nitrogens with two attached hydrogens (primary N) is 1. The third-order valence-corrected chi connectivity index (χ3v) is 6.09. The zero-order valence-corrected chi connectivity index (χ0v) is 12.1. The van der Waals surface area contributed by atoms with Crippen molar-refractivity contribution in [3.05, 3.63) is 15.6 Å². The molecule has 0 amide bonds. The molecule has 3 rings (SSSR count). The van der Waals surface area contributed by atoms with Crippen LogP contribution in [0.3, 0.4) is 0 Å². The molecule has 1 heterocycles. The molecule has 1 aromatic heterocycles. The highest BCUT2D eigenvalue weighted by molar-refractivity contribution is 7.11. The molecule has 2 fully saturated rings. The third-order valence-electron chi connectivity index (χ3n) is 4.99. The summed E-state index contributed by atoms with van der Waals surface area (Å²) in [5, 5.41) is 1.25. The third kappa shape index (κ3) is 2.22. The van der Waals surface area contributed by atoms with Gasteiger partial charge in [-0.05, 0) is 50.9 Å². The summed E-state index contributed by atoms with van der Waals surface area (Å²) in [6.45, 7) is 4.25. The number of hydrogen-bond donors (Lipinski definition) is 2. The van der Waals surface area contributed by atoms with Gasteiger partial charge in [0.25, 0.3) is 0 Å². The van der Waals surface area contributed by atoms with Crippen molar-refractivity contribution in [3.63, 3.8) is 0 Å². The molecule has 4 atom stereocenters. The Morgan fingerprint density at radius 2 is 2.22 bits per heavy atom. The quantitative estimate of drug-likeness (QED) is 0.650. The van der Waals surface area contributed by atoms with Crippen LogP contribution >= 0.6 is 11.3 Å². The van der Waals surface area contributed by atoms with Gasteiger partial charge < -0.3 is 0 Å². The number of hydrazine groups is 1. The summed E-state index contributed by atoms with van der Waals surface area (Å²) < 4.78 is 0. The van der Waals surface area contributed by atoms with E-state index in [1.165, 1.54) is 41.3 Å². The maximum atomic E-state index is 5.80. The molecular weight excluding hydrogens is 242 g/mol. The lowest BCUT2D eigenvalue weighted by Gasteiger charge is -2.29. The maximum absolute atomic E-state index is 5.80. The van der Waals surface area contributed by atoms with Crippen LogP contribution in [-0.4, -0.2) is 11.0 Å². The van der Waals surface area contributed by atoms with Crippen molar-refractivity contribution in [1.29, 1.82) is 0 Å². The highest BCUT2D eigenvalue weighted by Crippen LogP contribution is 2.49. The van der Waals surface area contributed by atoms with Gasteiger partial charge in [-0.1, -0.05) is 6.42 Å². The van der Waals surface area contributed by atoms with Crippen LogP contribution in [0.5, 0.6) is 0 Å². The molecule has 0 aliphatic heterocycles. The van der Waals surface area contributed by atoms with Crippen LogP contribution in [0.15, 0.2) is 0 Å². The number of aryl methyl sites for hydroxylation is 2. The lowest BCUT2D eigenvalue weighted by molar-refractivity contribution is 0.248. The van der Waals surface area contributed by atoms with Crippen LogP contribution in [0.4, 0.5) is 0 Å². The molecule has 2 aliphatic rings. The Hall–Kier alpha value is -0.450. The predicted octanol–water partition coefficient (Wildman–Crippen LogP) is 2.57. The second-order valence-corrected chi connectivity index (χ2v) is 7.35. The number of thiazole rings is 1. The van der Waals surface area contributed by atoms with Gasteiger partial charge in [-0.25, -0.2) is 4.98 Å². The van der Waals surface area contributed by atoms with Crippen molar-refractivity contribution < 1.29 is 0 Å². The van der Waals surface area contributed by atoms with Crippen molar-refractivity contribution in [2.45, 2.75) is 52.0 Å². The Bertz CT molecular complexity index is 409. The molecule has 100 valence electrons. The average molecular weight is 265 g/mol. The average Bonchev–Trinajstić information content (AvgIpc) is 3.03. The van der Waals surface area contributed by atoms with Crippen molar-refractivity contribution >= 4 is 11.3 Å². The number of nitrogens with zero attached hydrogens (tertiary/aromatic N) is 1. The Kier molecular flexibility index (Phi) is 3.43. The van der Waals surface area contributed by atoms with E-state index >= 15 is 0 Å². The van der Waals surface area contributed by atoms with Gasteiger partial charge in [0, 0.05) is 17.3 Å². The van der Waals surface area contributed by atoms with Crippen LogP contribution in [-0.2, 0) is 6.42 Å². The Labute approximate surface area is 113 Å². The largest absolute Gasteiger partial charge is 0.271 e. The molecule has 0 aromatic carbocycles. The van der Waals surface area contributed by atoms with Crippen LogP contribution in [0.2, 0.25) is 0 Å². The van der Waals surface area contributed by atoms with Gasteiger partial charge in [-0.2, -0.15) is 0 Å². The molecule has 3 nitrogen and oxygen atoms in total. The van der Waals surface area contributed by atoms with E-state index in [4.69, 9.17) is 5.84 Å². The second-order valence-electron chi connectivity index (χ2n) is 6.07. The molecular formula is C14H23N3S. The summed E-state index contributed by atoms with van der Waals surface area (Å²) in [4.78, 5) is 6.00. The molecule has 0 spiro atoms. The van der Waals surface area contributed by atoms with Gasteiger partial charge in [0.05, 0.1) is 10.7 Å². The van der Waals surface area contributed by atoms with Gasteiger partial charge in [0.2, 0.25) is 0 Å².